The molecule has 2 heterocycles. The summed E-state index contributed by atoms with van der Waals surface area (Å²) in [6.07, 6.45) is 9.16. The number of allylic oxidation sites excluding steroid dienone is 2. The number of carbonyl (C=O) groups excluding carboxylic acids is 2. The van der Waals surface area contributed by atoms with E-state index in [9.17, 15) is 14.7 Å². The van der Waals surface area contributed by atoms with E-state index in [0.29, 0.717) is 11.3 Å². The van der Waals surface area contributed by atoms with Crippen molar-refractivity contribution in [2.45, 2.75) is 13.0 Å². The number of nitrogens with one attached hydrogen (secondary N) is 1. The first-order chi connectivity index (χ1) is 16.1. The van der Waals surface area contributed by atoms with Gasteiger partial charge in [-0.25, -0.2) is 0 Å². The largest absolute Gasteiger partial charge is 0.507 e. The smallest absolute Gasteiger partial charge is 0.163 e. The summed E-state index contributed by atoms with van der Waals surface area (Å²) in [6.45, 7) is 0.280. The number of rotatable bonds is 9. The number of fused-ring (bicyclic) bond motifs is 1. The minimum Gasteiger partial charge on any atom is -0.507 e. The zero-order valence-electron chi connectivity index (χ0n) is 17.8. The second-order valence-corrected chi connectivity index (χ2v) is 7.43. The third-order valence-electron chi connectivity index (χ3n) is 4.95. The van der Waals surface area contributed by atoms with E-state index >= 15 is 0 Å². The highest BCUT2D eigenvalue weighted by atomic mass is 16.5. The number of H-pyrrole nitrogens is 1. The van der Waals surface area contributed by atoms with Gasteiger partial charge in [-0.15, -0.1) is 0 Å². The molecule has 0 unspecified atom stereocenters. The highest BCUT2D eigenvalue weighted by molar-refractivity contribution is 6.11. The number of ketones is 2. The molecule has 164 valence electrons. The summed E-state index contributed by atoms with van der Waals surface area (Å²) < 4.78 is 5.62. The first-order valence-electron chi connectivity index (χ1n) is 10.4. The molecule has 4 rings (SSSR count). The van der Waals surface area contributed by atoms with Gasteiger partial charge in [0.15, 0.2) is 11.6 Å². The number of hydrogen-bond acceptors (Lipinski definition) is 5. The van der Waals surface area contributed by atoms with Gasteiger partial charge in [0.1, 0.15) is 18.1 Å². The van der Waals surface area contributed by atoms with Crippen molar-refractivity contribution in [2.24, 2.45) is 0 Å². The van der Waals surface area contributed by atoms with Gasteiger partial charge in [-0.1, -0.05) is 24.3 Å². The normalized spacial score (nSPS) is 11.4. The van der Waals surface area contributed by atoms with Gasteiger partial charge in [0.2, 0.25) is 0 Å². The molecular formula is C27H22N2O4. The van der Waals surface area contributed by atoms with Crippen molar-refractivity contribution < 1.29 is 19.4 Å². The zero-order valence-corrected chi connectivity index (χ0v) is 17.8. The molecule has 6 nitrogen and oxygen atoms in total. The molecule has 2 aromatic carbocycles. The molecule has 0 saturated carbocycles. The fraction of sp³-hybridized carbons (Fsp3) is 0.0741. The molecule has 0 fully saturated rings. The van der Waals surface area contributed by atoms with Gasteiger partial charge < -0.3 is 14.8 Å². The summed E-state index contributed by atoms with van der Waals surface area (Å²) in [5.41, 5.74) is 3.08. The molecule has 0 aliphatic rings. The average molecular weight is 438 g/mol. The number of pyridine rings is 1. The Morgan fingerprint density at radius 2 is 1.82 bits per heavy atom. The lowest BCUT2D eigenvalue weighted by molar-refractivity contribution is -0.121. The number of nitrogens with zero attached hydrogens (tertiary/aromatic N) is 1. The number of carbonyl (C=O) groups is 2. The Balaban J connectivity index is 1.30. The maximum absolute atomic E-state index is 12.2. The molecule has 0 saturated heterocycles. The highest BCUT2D eigenvalue weighted by Gasteiger charge is 2.06. The van der Waals surface area contributed by atoms with Crippen LogP contribution in [0.4, 0.5) is 0 Å². The van der Waals surface area contributed by atoms with E-state index < -0.39 is 0 Å². The van der Waals surface area contributed by atoms with Gasteiger partial charge in [0.25, 0.3) is 0 Å². The van der Waals surface area contributed by atoms with Crippen LogP contribution in [0.25, 0.3) is 23.1 Å². The van der Waals surface area contributed by atoms with E-state index in [1.807, 2.05) is 48.7 Å². The van der Waals surface area contributed by atoms with Crippen LogP contribution in [0.3, 0.4) is 0 Å². The van der Waals surface area contributed by atoms with Gasteiger partial charge in [0, 0.05) is 29.5 Å². The van der Waals surface area contributed by atoms with Crippen LogP contribution in [-0.4, -0.2) is 26.6 Å². The third-order valence-corrected chi connectivity index (χ3v) is 4.95. The number of benzene rings is 2. The van der Waals surface area contributed by atoms with Crippen molar-refractivity contribution in [3.05, 3.63) is 102 Å². The lowest BCUT2D eigenvalue weighted by atomic mass is 10.1. The molecule has 0 atom stereocenters. The Bertz CT molecular complexity index is 1340. The number of phenols is 1. The number of aromatic amines is 1. The van der Waals surface area contributed by atoms with E-state index in [0.717, 1.165) is 22.2 Å². The monoisotopic (exact) mass is 438 g/mol. The molecule has 4 aromatic rings. The number of ether oxygens (including phenoxy) is 1. The van der Waals surface area contributed by atoms with E-state index in [4.69, 9.17) is 4.74 Å². The van der Waals surface area contributed by atoms with Crippen LogP contribution >= 0.6 is 0 Å². The topological polar surface area (TPSA) is 92.3 Å². The quantitative estimate of drug-likeness (QED) is 0.280. The van der Waals surface area contributed by atoms with Crippen molar-refractivity contribution in [3.8, 4) is 11.5 Å². The second kappa shape index (κ2) is 10.2. The molecule has 33 heavy (non-hydrogen) atoms. The van der Waals surface area contributed by atoms with E-state index in [1.165, 1.54) is 24.3 Å². The van der Waals surface area contributed by atoms with E-state index in [-0.39, 0.29) is 30.3 Å². The summed E-state index contributed by atoms with van der Waals surface area (Å²) in [5, 5.41) is 11.3. The molecule has 2 N–H and O–H groups in total. The average Bonchev–Trinajstić information content (AvgIpc) is 3.29. The fourth-order valence-electron chi connectivity index (χ4n) is 3.23. The Kier molecular flexibility index (Phi) is 6.75. The third kappa shape index (κ3) is 6.04. The van der Waals surface area contributed by atoms with Gasteiger partial charge in [-0.2, -0.15) is 0 Å². The predicted octanol–water partition coefficient (Wildman–Crippen LogP) is 5.10. The maximum atomic E-state index is 12.2. The van der Waals surface area contributed by atoms with Gasteiger partial charge in [-0.05, 0) is 65.6 Å². The Morgan fingerprint density at radius 1 is 0.970 bits per heavy atom. The summed E-state index contributed by atoms with van der Waals surface area (Å²) >= 11 is 0. The SMILES string of the molecule is O=C(/C=C/c1ccc2cc[nH]c2c1)CC(=O)/C=C/c1ccc(OCc2ccccn2)cc1O. The molecule has 0 spiro atoms. The maximum Gasteiger partial charge on any atom is 0.163 e. The van der Waals surface area contributed by atoms with Crippen LogP contribution in [0.1, 0.15) is 23.2 Å². The molecule has 0 radical (unpaired) electrons. The second-order valence-electron chi connectivity index (χ2n) is 7.43. The van der Waals surface area contributed by atoms with Crippen LogP contribution in [0.5, 0.6) is 11.5 Å². The van der Waals surface area contributed by atoms with E-state index in [1.54, 1.807) is 24.4 Å². The van der Waals surface area contributed by atoms with E-state index in [2.05, 4.69) is 9.97 Å². The summed E-state index contributed by atoms with van der Waals surface area (Å²) in [5.74, 6) is -0.180. The van der Waals surface area contributed by atoms with Gasteiger partial charge in [-0.3, -0.25) is 14.6 Å². The van der Waals surface area contributed by atoms with Crippen molar-refractivity contribution >= 4 is 34.6 Å². The lowest BCUT2D eigenvalue weighted by Gasteiger charge is -2.07. The molecule has 0 amide bonds. The molecule has 0 aliphatic carbocycles. The van der Waals surface area contributed by atoms with Crippen LogP contribution in [0.15, 0.2) is 85.2 Å². The minimum atomic E-state index is -0.348. The minimum absolute atomic E-state index is 0.0245. The predicted molar refractivity (Wildman–Crippen MR) is 128 cm³/mol. The van der Waals surface area contributed by atoms with Crippen molar-refractivity contribution in [3.63, 3.8) is 0 Å². The van der Waals surface area contributed by atoms with Crippen molar-refractivity contribution in [1.82, 2.24) is 9.97 Å². The standard InChI is InChI=1S/C27H22N2O4/c30-23(9-5-19-4-6-20-12-14-29-26(20)15-19)16-24(31)10-7-21-8-11-25(17-27(21)32)33-18-22-3-1-2-13-28-22/h1-15,17,29,32H,16,18H2/b9-5+,10-7+. The first-order valence-corrected chi connectivity index (χ1v) is 10.4. The number of phenolic OH excluding ortho intramolecular Hbond substituents is 1. The number of aromatic nitrogens is 2. The van der Waals surface area contributed by atoms with Crippen LogP contribution in [0, 0.1) is 0 Å². The molecule has 2 aromatic heterocycles. The number of aromatic hydroxyl groups is 1. The van der Waals surface area contributed by atoms with Crippen LogP contribution in [0.2, 0.25) is 0 Å². The van der Waals surface area contributed by atoms with Crippen molar-refractivity contribution in [1.29, 1.82) is 0 Å². The molecule has 6 heteroatoms. The summed E-state index contributed by atoms with van der Waals surface area (Å²) in [4.78, 5) is 31.6. The Hall–Kier alpha value is -4.45. The van der Waals surface area contributed by atoms with Crippen LogP contribution in [-0.2, 0) is 16.2 Å². The Labute approximate surface area is 190 Å². The first kappa shape index (κ1) is 21.8. The molecule has 0 bridgehead atoms. The summed E-state index contributed by atoms with van der Waals surface area (Å²) in [7, 11) is 0. The molecule has 0 aliphatic heterocycles. The number of hydrogen-bond donors (Lipinski definition) is 2. The van der Waals surface area contributed by atoms with Crippen LogP contribution < -0.4 is 4.74 Å². The van der Waals surface area contributed by atoms with Gasteiger partial charge >= 0.3 is 0 Å². The Morgan fingerprint density at radius 3 is 2.61 bits per heavy atom. The lowest BCUT2D eigenvalue weighted by Crippen LogP contribution is -2.02. The summed E-state index contributed by atoms with van der Waals surface area (Å²) in [6, 6.07) is 18.1. The highest BCUT2D eigenvalue weighted by Crippen LogP contribution is 2.25. The van der Waals surface area contributed by atoms with Crippen molar-refractivity contribution in [2.75, 3.05) is 0 Å². The fourth-order valence-corrected chi connectivity index (χ4v) is 3.23. The van der Waals surface area contributed by atoms with Gasteiger partial charge in [0.05, 0.1) is 12.1 Å². The molecular weight excluding hydrogens is 416 g/mol. The zero-order chi connectivity index (χ0) is 23.0.